The predicted octanol–water partition coefficient (Wildman–Crippen LogP) is 3.47. The number of anilines is 3. The third-order valence-corrected chi connectivity index (χ3v) is 5.88. The standard InChI is InChI=1S/C17H16ClF2N3O3S/c1-8-7-23(9(2)24)17-12(8)5-11(6-15(17)21)27(25,26)22-16-13(19)3-10(18)4-14(16)20/h3-6,8,22H,7,21H2,1-2H3. The summed E-state index contributed by atoms with van der Waals surface area (Å²) in [6.45, 7) is 3.58. The molecule has 2 aromatic carbocycles. The Balaban J connectivity index is 2.06. The number of nitrogen functional groups attached to an aromatic ring is 1. The van der Waals surface area contributed by atoms with Crippen LogP contribution >= 0.6 is 11.6 Å². The Morgan fingerprint density at radius 2 is 1.85 bits per heavy atom. The summed E-state index contributed by atoms with van der Waals surface area (Å²) in [4.78, 5) is 13.0. The average Bonchev–Trinajstić information content (AvgIpc) is 2.89. The van der Waals surface area contributed by atoms with Gasteiger partial charge in [-0.1, -0.05) is 18.5 Å². The van der Waals surface area contributed by atoms with Gasteiger partial charge in [0.25, 0.3) is 10.0 Å². The summed E-state index contributed by atoms with van der Waals surface area (Å²) >= 11 is 5.54. The summed E-state index contributed by atoms with van der Waals surface area (Å²) in [5.74, 6) is -2.65. The third-order valence-electron chi connectivity index (χ3n) is 4.33. The van der Waals surface area contributed by atoms with Crippen LogP contribution in [0.25, 0.3) is 0 Å². The molecule has 0 aromatic heterocycles. The normalized spacial score (nSPS) is 16.3. The van der Waals surface area contributed by atoms with Gasteiger partial charge in [-0.2, -0.15) is 0 Å². The van der Waals surface area contributed by atoms with Gasteiger partial charge in [0.15, 0.2) is 11.6 Å². The van der Waals surface area contributed by atoms with E-state index in [0.29, 0.717) is 17.8 Å². The first kappa shape index (κ1) is 19.4. The molecule has 6 nitrogen and oxygen atoms in total. The summed E-state index contributed by atoms with van der Waals surface area (Å²) in [5, 5.41) is -0.201. The third kappa shape index (κ3) is 3.44. The number of sulfonamides is 1. The largest absolute Gasteiger partial charge is 0.397 e. The zero-order valence-electron chi connectivity index (χ0n) is 14.4. The molecule has 0 radical (unpaired) electrons. The maximum Gasteiger partial charge on any atom is 0.262 e. The lowest BCUT2D eigenvalue weighted by Crippen LogP contribution is -2.27. The molecule has 0 bridgehead atoms. The molecule has 27 heavy (non-hydrogen) atoms. The molecule has 1 aliphatic rings. The lowest BCUT2D eigenvalue weighted by molar-refractivity contribution is -0.116. The van der Waals surface area contributed by atoms with Crippen molar-refractivity contribution in [2.45, 2.75) is 24.7 Å². The number of amides is 1. The van der Waals surface area contributed by atoms with E-state index < -0.39 is 27.3 Å². The average molecular weight is 416 g/mol. The molecule has 0 spiro atoms. The fraction of sp³-hybridized carbons (Fsp3) is 0.235. The predicted molar refractivity (Wildman–Crippen MR) is 99.5 cm³/mol. The minimum atomic E-state index is -4.33. The van der Waals surface area contributed by atoms with Crippen LogP contribution in [0.15, 0.2) is 29.2 Å². The van der Waals surface area contributed by atoms with E-state index in [0.717, 1.165) is 18.2 Å². The molecular formula is C17H16ClF2N3O3S. The van der Waals surface area contributed by atoms with Gasteiger partial charge < -0.3 is 10.6 Å². The molecule has 3 N–H and O–H groups in total. The fourth-order valence-corrected chi connectivity index (χ4v) is 4.41. The van der Waals surface area contributed by atoms with Crippen molar-refractivity contribution in [2.75, 3.05) is 21.9 Å². The maximum atomic E-state index is 13.9. The number of nitrogens with one attached hydrogen (secondary N) is 1. The molecule has 144 valence electrons. The van der Waals surface area contributed by atoms with Gasteiger partial charge >= 0.3 is 0 Å². The number of benzene rings is 2. The molecule has 1 amide bonds. The van der Waals surface area contributed by atoms with Crippen LogP contribution in [0.1, 0.15) is 25.3 Å². The van der Waals surface area contributed by atoms with Crippen molar-refractivity contribution >= 4 is 44.6 Å². The molecule has 1 atom stereocenters. The number of nitrogens with zero attached hydrogens (tertiary/aromatic N) is 1. The minimum absolute atomic E-state index is 0.0875. The monoisotopic (exact) mass is 415 g/mol. The van der Waals surface area contributed by atoms with Crippen molar-refractivity contribution in [3.63, 3.8) is 0 Å². The Kier molecular flexibility index (Phi) is 4.77. The molecule has 2 aromatic rings. The van der Waals surface area contributed by atoms with Crippen LogP contribution in [0.5, 0.6) is 0 Å². The van der Waals surface area contributed by atoms with Crippen LogP contribution in [0, 0.1) is 11.6 Å². The zero-order chi connectivity index (χ0) is 20.1. The van der Waals surface area contributed by atoms with E-state index in [1.54, 1.807) is 0 Å². The van der Waals surface area contributed by atoms with Crippen LogP contribution in [0.2, 0.25) is 5.02 Å². The van der Waals surface area contributed by atoms with Crippen LogP contribution in [0.3, 0.4) is 0 Å². The van der Waals surface area contributed by atoms with Crippen LogP contribution < -0.4 is 15.4 Å². The van der Waals surface area contributed by atoms with Crippen molar-refractivity contribution in [3.05, 3.63) is 46.5 Å². The molecule has 0 saturated heterocycles. The van der Waals surface area contributed by atoms with Crippen molar-refractivity contribution in [1.82, 2.24) is 0 Å². The molecule has 0 fully saturated rings. The minimum Gasteiger partial charge on any atom is -0.397 e. The number of nitrogens with two attached hydrogens (primary N) is 1. The van der Waals surface area contributed by atoms with Crippen molar-refractivity contribution in [1.29, 1.82) is 0 Å². The quantitative estimate of drug-likeness (QED) is 0.751. The number of carbonyl (C=O) groups is 1. The summed E-state index contributed by atoms with van der Waals surface area (Å²) in [6.07, 6.45) is 0. The van der Waals surface area contributed by atoms with Gasteiger partial charge in [0, 0.05) is 24.4 Å². The first-order valence-corrected chi connectivity index (χ1v) is 9.76. The highest BCUT2D eigenvalue weighted by Gasteiger charge is 2.32. The summed E-state index contributed by atoms with van der Waals surface area (Å²) in [6, 6.07) is 4.10. The highest BCUT2D eigenvalue weighted by Crippen LogP contribution is 2.42. The maximum absolute atomic E-state index is 13.9. The second kappa shape index (κ2) is 6.65. The Hall–Kier alpha value is -2.39. The molecule has 10 heteroatoms. The zero-order valence-corrected chi connectivity index (χ0v) is 16.0. The highest BCUT2D eigenvalue weighted by molar-refractivity contribution is 7.92. The number of hydrogen-bond donors (Lipinski definition) is 2. The summed E-state index contributed by atoms with van der Waals surface area (Å²) in [5.41, 5.74) is 6.26. The van der Waals surface area contributed by atoms with Gasteiger partial charge in [-0.3, -0.25) is 9.52 Å². The molecule has 1 unspecified atom stereocenters. The van der Waals surface area contributed by atoms with Gasteiger partial charge in [0.05, 0.1) is 16.3 Å². The van der Waals surface area contributed by atoms with Crippen LogP contribution in [-0.4, -0.2) is 20.9 Å². The van der Waals surface area contributed by atoms with E-state index in [-0.39, 0.29) is 27.4 Å². The molecule has 1 heterocycles. The van der Waals surface area contributed by atoms with E-state index in [9.17, 15) is 22.0 Å². The Labute approximate surface area is 160 Å². The van der Waals surface area contributed by atoms with Crippen LogP contribution in [0.4, 0.5) is 25.8 Å². The lowest BCUT2D eigenvalue weighted by Gasteiger charge is -2.18. The number of fused-ring (bicyclic) bond motifs is 1. The van der Waals surface area contributed by atoms with Gasteiger partial charge in [-0.25, -0.2) is 17.2 Å². The molecule has 0 aliphatic carbocycles. The smallest absolute Gasteiger partial charge is 0.262 e. The van der Waals surface area contributed by atoms with Crippen molar-refractivity contribution < 1.29 is 22.0 Å². The molecule has 0 saturated carbocycles. The number of hydrogen-bond acceptors (Lipinski definition) is 4. The van der Waals surface area contributed by atoms with Gasteiger partial charge in [-0.05, 0) is 29.8 Å². The molecule has 1 aliphatic heterocycles. The van der Waals surface area contributed by atoms with Crippen LogP contribution in [-0.2, 0) is 14.8 Å². The number of rotatable bonds is 3. The molecule has 3 rings (SSSR count). The SMILES string of the molecule is CC(=O)N1CC(C)c2cc(S(=O)(=O)Nc3c(F)cc(Cl)cc3F)cc(N)c21. The van der Waals surface area contributed by atoms with E-state index in [1.165, 1.54) is 17.9 Å². The van der Waals surface area contributed by atoms with Crippen molar-refractivity contribution in [3.8, 4) is 0 Å². The summed E-state index contributed by atoms with van der Waals surface area (Å²) < 4.78 is 55.1. The van der Waals surface area contributed by atoms with E-state index in [2.05, 4.69) is 0 Å². The highest BCUT2D eigenvalue weighted by atomic mass is 35.5. The van der Waals surface area contributed by atoms with Gasteiger partial charge in [-0.15, -0.1) is 0 Å². The summed E-state index contributed by atoms with van der Waals surface area (Å²) in [7, 11) is -4.33. The van der Waals surface area contributed by atoms with Crippen molar-refractivity contribution in [2.24, 2.45) is 0 Å². The Bertz CT molecular complexity index is 1040. The fourth-order valence-electron chi connectivity index (χ4n) is 3.08. The second-order valence-electron chi connectivity index (χ2n) is 6.33. The van der Waals surface area contributed by atoms with Gasteiger partial charge in [0.2, 0.25) is 5.91 Å². The number of halogens is 3. The first-order chi connectivity index (χ1) is 12.5. The Morgan fingerprint density at radius 3 is 2.41 bits per heavy atom. The topological polar surface area (TPSA) is 92.5 Å². The molecular weight excluding hydrogens is 400 g/mol. The lowest BCUT2D eigenvalue weighted by atomic mass is 10.0. The first-order valence-electron chi connectivity index (χ1n) is 7.90. The van der Waals surface area contributed by atoms with E-state index in [4.69, 9.17) is 17.3 Å². The second-order valence-corrected chi connectivity index (χ2v) is 8.45. The number of carbonyl (C=O) groups excluding carboxylic acids is 1. The Morgan fingerprint density at radius 1 is 1.26 bits per heavy atom. The van der Waals surface area contributed by atoms with E-state index in [1.807, 2.05) is 11.6 Å². The van der Waals surface area contributed by atoms with E-state index >= 15 is 0 Å². The van der Waals surface area contributed by atoms with Gasteiger partial charge in [0.1, 0.15) is 5.69 Å².